The third-order valence-electron chi connectivity index (χ3n) is 5.14. The Labute approximate surface area is 213 Å². The average Bonchev–Trinajstić information content (AvgIpc) is 3.63. The number of hydrogen-bond acceptors (Lipinski definition) is 4. The summed E-state index contributed by atoms with van der Waals surface area (Å²) in [6, 6.07) is 17.8. The number of nitrogens with one attached hydrogen (secondary N) is 3. The molecule has 8 heteroatoms. The Kier molecular flexibility index (Phi) is 12.0. The van der Waals surface area contributed by atoms with Crippen LogP contribution in [0.25, 0.3) is 0 Å². The van der Waals surface area contributed by atoms with E-state index in [1.54, 1.807) is 0 Å². The van der Waals surface area contributed by atoms with Crippen LogP contribution < -0.4 is 20.7 Å². The largest absolute Gasteiger partial charge is 0.484 e. The number of rotatable bonds is 12. The highest BCUT2D eigenvalue weighted by atomic mass is 127. The zero-order chi connectivity index (χ0) is 22.6. The molecular weight excluding hydrogens is 531 g/mol. The zero-order valence-corrected chi connectivity index (χ0v) is 21.5. The molecule has 1 atom stereocenters. The first-order chi connectivity index (χ1) is 15.6. The lowest BCUT2D eigenvalue weighted by atomic mass is 10.1. The van der Waals surface area contributed by atoms with E-state index in [9.17, 15) is 9.90 Å². The fraction of sp³-hybridized carbons (Fsp3) is 0.440. The predicted octanol–water partition coefficient (Wildman–Crippen LogP) is 3.18. The summed E-state index contributed by atoms with van der Waals surface area (Å²) < 4.78 is 5.54. The van der Waals surface area contributed by atoms with E-state index in [1.807, 2.05) is 61.5 Å². The quantitative estimate of drug-likeness (QED) is 0.180. The molecule has 3 rings (SSSR count). The van der Waals surface area contributed by atoms with Crippen molar-refractivity contribution in [3.05, 3.63) is 65.7 Å². The monoisotopic (exact) mass is 566 g/mol. The van der Waals surface area contributed by atoms with Gasteiger partial charge in [-0.3, -0.25) is 9.79 Å². The minimum atomic E-state index is -0.511. The van der Waals surface area contributed by atoms with Crippen LogP contribution in [0.1, 0.15) is 43.4 Å². The van der Waals surface area contributed by atoms with Gasteiger partial charge in [0.05, 0.1) is 6.10 Å². The number of carbonyl (C=O) groups excluding carboxylic acids is 1. The highest BCUT2D eigenvalue weighted by Gasteiger charge is 2.23. The summed E-state index contributed by atoms with van der Waals surface area (Å²) >= 11 is 0. The van der Waals surface area contributed by atoms with Crippen LogP contribution in [0, 0.1) is 0 Å². The van der Waals surface area contributed by atoms with Crippen molar-refractivity contribution in [3.63, 3.8) is 0 Å². The highest BCUT2D eigenvalue weighted by molar-refractivity contribution is 14.0. The van der Waals surface area contributed by atoms with Crippen molar-refractivity contribution in [2.45, 2.75) is 44.8 Å². The maximum absolute atomic E-state index is 11.7. The van der Waals surface area contributed by atoms with Gasteiger partial charge in [-0.1, -0.05) is 42.5 Å². The van der Waals surface area contributed by atoms with Gasteiger partial charge in [0.1, 0.15) is 5.75 Å². The fourth-order valence-electron chi connectivity index (χ4n) is 3.21. The molecule has 1 aliphatic carbocycles. The van der Waals surface area contributed by atoms with Gasteiger partial charge in [0.2, 0.25) is 0 Å². The topological polar surface area (TPSA) is 95.0 Å². The van der Waals surface area contributed by atoms with Crippen LogP contribution in [0.2, 0.25) is 0 Å². The molecule has 2 aromatic carbocycles. The van der Waals surface area contributed by atoms with Crippen molar-refractivity contribution < 1.29 is 14.6 Å². The molecule has 1 aliphatic rings. The molecular formula is C25H35IN4O3. The summed E-state index contributed by atoms with van der Waals surface area (Å²) in [5.74, 6) is 1.38. The van der Waals surface area contributed by atoms with Gasteiger partial charge in [0.15, 0.2) is 12.6 Å². The Morgan fingerprint density at radius 1 is 1.12 bits per heavy atom. The number of benzene rings is 2. The first kappa shape index (κ1) is 26.9. The lowest BCUT2D eigenvalue weighted by molar-refractivity contribution is -0.123. The number of halogens is 1. The van der Waals surface area contributed by atoms with Crippen LogP contribution in [-0.2, 0) is 11.2 Å². The number of guanidine groups is 1. The molecule has 1 unspecified atom stereocenters. The SMILES string of the molecule is CCNC(=NCCC(O)c1ccccc1)NCCc1ccc(OCC(=O)NC2CC2)cc1.I. The molecule has 33 heavy (non-hydrogen) atoms. The molecule has 1 amide bonds. The van der Waals surface area contributed by atoms with Gasteiger partial charge in [-0.2, -0.15) is 0 Å². The van der Waals surface area contributed by atoms with E-state index >= 15 is 0 Å². The van der Waals surface area contributed by atoms with E-state index < -0.39 is 6.10 Å². The van der Waals surface area contributed by atoms with Gasteiger partial charge >= 0.3 is 0 Å². The molecule has 0 bridgehead atoms. The van der Waals surface area contributed by atoms with E-state index in [2.05, 4.69) is 20.9 Å². The number of nitrogens with zero attached hydrogens (tertiary/aromatic N) is 1. The average molecular weight is 566 g/mol. The maximum atomic E-state index is 11.7. The van der Waals surface area contributed by atoms with E-state index in [0.29, 0.717) is 24.8 Å². The first-order valence-corrected chi connectivity index (χ1v) is 11.4. The summed E-state index contributed by atoms with van der Waals surface area (Å²) in [5, 5.41) is 19.8. The van der Waals surface area contributed by atoms with Crippen molar-refractivity contribution in [2.24, 2.45) is 4.99 Å². The van der Waals surface area contributed by atoms with Crippen LogP contribution in [0.5, 0.6) is 5.75 Å². The Morgan fingerprint density at radius 2 is 1.85 bits per heavy atom. The van der Waals surface area contributed by atoms with Crippen LogP contribution in [-0.4, -0.2) is 49.3 Å². The standard InChI is InChI=1S/C25H34N4O3.HI/c1-2-26-25(28-17-15-23(30)20-6-4-3-5-7-20)27-16-14-19-8-12-22(13-9-19)32-18-24(31)29-21-10-11-21;/h3-9,12-13,21,23,30H,2,10-11,14-18H2,1H3,(H,29,31)(H2,26,27,28);1H. The van der Waals surface area contributed by atoms with E-state index in [-0.39, 0.29) is 36.5 Å². The summed E-state index contributed by atoms with van der Waals surface area (Å²) in [5.41, 5.74) is 2.08. The highest BCUT2D eigenvalue weighted by Crippen LogP contribution is 2.18. The van der Waals surface area contributed by atoms with E-state index in [0.717, 1.165) is 43.9 Å². The predicted molar refractivity (Wildman–Crippen MR) is 142 cm³/mol. The summed E-state index contributed by atoms with van der Waals surface area (Å²) in [6.45, 7) is 4.12. The molecule has 0 aliphatic heterocycles. The lowest BCUT2D eigenvalue weighted by Crippen LogP contribution is -2.38. The Morgan fingerprint density at radius 3 is 2.52 bits per heavy atom. The number of ether oxygens (including phenoxy) is 1. The number of aliphatic hydroxyl groups is 1. The molecule has 1 saturated carbocycles. The maximum Gasteiger partial charge on any atom is 0.258 e. The van der Waals surface area contributed by atoms with Gasteiger partial charge < -0.3 is 25.8 Å². The smallest absolute Gasteiger partial charge is 0.258 e. The van der Waals surface area contributed by atoms with Crippen LogP contribution in [0.4, 0.5) is 0 Å². The molecule has 0 saturated heterocycles. The third kappa shape index (κ3) is 10.4. The van der Waals surface area contributed by atoms with Gasteiger partial charge in [-0.25, -0.2) is 0 Å². The number of hydrogen-bond donors (Lipinski definition) is 4. The summed E-state index contributed by atoms with van der Waals surface area (Å²) in [6.07, 6.45) is 3.04. The second kappa shape index (κ2) is 14.7. The fourth-order valence-corrected chi connectivity index (χ4v) is 3.21. The first-order valence-electron chi connectivity index (χ1n) is 11.4. The Hall–Kier alpha value is -2.33. The zero-order valence-electron chi connectivity index (χ0n) is 19.1. The molecule has 0 aromatic heterocycles. The van der Waals surface area contributed by atoms with Crippen LogP contribution in [0.15, 0.2) is 59.6 Å². The number of amides is 1. The van der Waals surface area contributed by atoms with Crippen LogP contribution >= 0.6 is 24.0 Å². The lowest BCUT2D eigenvalue weighted by Gasteiger charge is -2.13. The molecule has 4 N–H and O–H groups in total. The molecule has 0 radical (unpaired) electrons. The Balaban J connectivity index is 0.00000385. The van der Waals surface area contributed by atoms with Crippen LogP contribution in [0.3, 0.4) is 0 Å². The third-order valence-corrected chi connectivity index (χ3v) is 5.14. The summed E-state index contributed by atoms with van der Waals surface area (Å²) in [4.78, 5) is 16.3. The molecule has 0 heterocycles. The minimum absolute atomic E-state index is 0. The second-order valence-electron chi connectivity index (χ2n) is 7.93. The Bertz CT molecular complexity index is 858. The molecule has 1 fully saturated rings. The van der Waals surface area contributed by atoms with Crippen molar-refractivity contribution in [2.75, 3.05) is 26.2 Å². The van der Waals surface area contributed by atoms with Crippen molar-refractivity contribution >= 4 is 35.8 Å². The van der Waals surface area contributed by atoms with E-state index in [1.165, 1.54) is 5.56 Å². The van der Waals surface area contributed by atoms with Crippen molar-refractivity contribution in [3.8, 4) is 5.75 Å². The normalized spacial score (nSPS) is 14.1. The number of carbonyl (C=O) groups is 1. The van der Waals surface area contributed by atoms with Crippen molar-refractivity contribution in [1.82, 2.24) is 16.0 Å². The minimum Gasteiger partial charge on any atom is -0.484 e. The second-order valence-corrected chi connectivity index (χ2v) is 7.93. The molecule has 2 aromatic rings. The van der Waals surface area contributed by atoms with E-state index in [4.69, 9.17) is 4.74 Å². The van der Waals surface area contributed by atoms with Gasteiger partial charge in [0, 0.05) is 25.7 Å². The van der Waals surface area contributed by atoms with Crippen molar-refractivity contribution in [1.29, 1.82) is 0 Å². The van der Waals surface area contributed by atoms with Gasteiger partial charge in [-0.15, -0.1) is 24.0 Å². The van der Waals surface area contributed by atoms with Gasteiger partial charge in [-0.05, 0) is 55.9 Å². The number of aliphatic hydroxyl groups excluding tert-OH is 1. The molecule has 7 nitrogen and oxygen atoms in total. The molecule has 180 valence electrons. The molecule has 0 spiro atoms. The van der Waals surface area contributed by atoms with Gasteiger partial charge in [0.25, 0.3) is 5.91 Å². The number of aliphatic imine (C=N–C) groups is 1. The summed E-state index contributed by atoms with van der Waals surface area (Å²) in [7, 11) is 0.